The molecule has 13 heavy (non-hydrogen) atoms. The molecule has 1 atom stereocenters. The van der Waals surface area contributed by atoms with Gasteiger partial charge in [-0.25, -0.2) is 4.79 Å². The van der Waals surface area contributed by atoms with Crippen LogP contribution in [-0.4, -0.2) is 18.6 Å². The molecule has 0 radical (unpaired) electrons. The van der Waals surface area contributed by atoms with Crippen molar-refractivity contribution >= 4 is 5.97 Å². The first-order chi connectivity index (χ1) is 5.39. The Morgan fingerprint density at radius 1 is 1.54 bits per heavy atom. The maximum Gasteiger partial charge on any atom is 0.364 e. The molecule has 0 aliphatic heterocycles. The van der Waals surface area contributed by atoms with Crippen LogP contribution in [0.15, 0.2) is 0 Å². The zero-order chi connectivity index (χ0) is 9.78. The largest absolute Gasteiger partial charge is 1.00 e. The molecule has 0 aromatic rings. The second-order valence-electron chi connectivity index (χ2n) is 4.03. The lowest BCUT2D eigenvalue weighted by molar-refractivity contribution is -0.403. The van der Waals surface area contributed by atoms with Crippen molar-refractivity contribution in [1.82, 2.24) is 0 Å². The van der Waals surface area contributed by atoms with Crippen LogP contribution in [0.1, 0.15) is 34.1 Å². The van der Waals surface area contributed by atoms with Gasteiger partial charge in [0, 0.05) is 0 Å². The van der Waals surface area contributed by atoms with E-state index in [-0.39, 0.29) is 29.8 Å². The van der Waals surface area contributed by atoms with Gasteiger partial charge < -0.3 is 22.9 Å². The number of hydrogen-bond acceptors (Lipinski definition) is 2. The Morgan fingerprint density at radius 3 is 2.31 bits per heavy atom. The smallest absolute Gasteiger partial charge is 0.364 e. The molecule has 0 saturated carbocycles. The zero-order valence-electron chi connectivity index (χ0n) is 8.89. The fraction of sp³-hybridized carbons (Fsp3) is 0.889. The van der Waals surface area contributed by atoms with Crippen molar-refractivity contribution in [3.05, 3.63) is 0 Å². The first-order valence-electron chi connectivity index (χ1n) is 4.39. The molecule has 0 aromatic carbocycles. The van der Waals surface area contributed by atoms with E-state index in [9.17, 15) is 4.79 Å². The van der Waals surface area contributed by atoms with Crippen LogP contribution in [-0.2, 0) is 9.53 Å². The van der Waals surface area contributed by atoms with E-state index in [0.717, 1.165) is 6.42 Å². The molecule has 0 heterocycles. The summed E-state index contributed by atoms with van der Waals surface area (Å²) in [6.45, 7) is 8.47. The molecule has 0 unspecified atom stereocenters. The summed E-state index contributed by atoms with van der Waals surface area (Å²) in [5, 5.41) is 0. The molecule has 0 saturated heterocycles. The molecule has 0 aliphatic carbocycles. The number of rotatable bonds is 4. The third-order valence-corrected chi connectivity index (χ3v) is 1.96. The predicted molar refractivity (Wildman–Crippen MR) is 47.4 cm³/mol. The monoisotopic (exact) mass is 209 g/mol. The molecule has 0 aromatic heterocycles. The first kappa shape index (κ1) is 15.2. The van der Waals surface area contributed by atoms with Gasteiger partial charge in [0.2, 0.25) is 0 Å². The van der Waals surface area contributed by atoms with Crippen LogP contribution in [0, 0.1) is 5.41 Å². The summed E-state index contributed by atoms with van der Waals surface area (Å²) in [5.74, 6) is -0.212. The summed E-state index contributed by atoms with van der Waals surface area (Å²) in [6.07, 6.45) is 1.01. The van der Waals surface area contributed by atoms with Gasteiger partial charge in [0.05, 0.1) is 6.61 Å². The van der Waals surface area contributed by atoms with Crippen LogP contribution < -0.4 is 18.1 Å². The molecule has 0 amide bonds. The van der Waals surface area contributed by atoms with Gasteiger partial charge in [0.15, 0.2) is 6.04 Å². The third-order valence-electron chi connectivity index (χ3n) is 1.96. The lowest BCUT2D eigenvalue weighted by Gasteiger charge is -2.21. The highest BCUT2D eigenvalue weighted by Gasteiger charge is 2.20. The van der Waals surface area contributed by atoms with E-state index < -0.39 is 0 Å². The normalized spacial score (nSPS) is 13.0. The summed E-state index contributed by atoms with van der Waals surface area (Å²) in [4.78, 5) is 11.0. The van der Waals surface area contributed by atoms with Crippen molar-refractivity contribution in [2.75, 3.05) is 6.61 Å². The van der Waals surface area contributed by atoms with Crippen molar-refractivity contribution in [1.29, 1.82) is 0 Å². The van der Waals surface area contributed by atoms with Gasteiger partial charge in [-0.05, 0) is 18.8 Å². The molecular weight excluding hydrogens is 190 g/mol. The summed E-state index contributed by atoms with van der Waals surface area (Å²) >= 11 is 0. The van der Waals surface area contributed by atoms with Gasteiger partial charge in [-0.2, -0.15) is 0 Å². The Balaban J connectivity index is 0. The summed E-state index contributed by atoms with van der Waals surface area (Å²) < 4.78 is 5.06. The highest BCUT2D eigenvalue weighted by Crippen LogP contribution is 2.19. The average molecular weight is 210 g/mol. The zero-order valence-corrected chi connectivity index (χ0v) is 9.65. The number of halogens is 1. The minimum atomic E-state index is -0.266. The molecular formula is C9H20ClNO2. The Morgan fingerprint density at radius 2 is 2.00 bits per heavy atom. The van der Waals surface area contributed by atoms with Crippen LogP contribution in [0.3, 0.4) is 0 Å². The fourth-order valence-electron chi connectivity index (χ4n) is 0.511. The topological polar surface area (TPSA) is 53.9 Å². The van der Waals surface area contributed by atoms with E-state index in [1.54, 1.807) is 6.92 Å². The number of carbonyl (C=O) groups is 1. The van der Waals surface area contributed by atoms with E-state index in [2.05, 4.69) is 26.5 Å². The van der Waals surface area contributed by atoms with Gasteiger partial charge in [0.25, 0.3) is 0 Å². The van der Waals surface area contributed by atoms with Gasteiger partial charge >= 0.3 is 5.97 Å². The summed E-state index contributed by atoms with van der Waals surface area (Å²) in [7, 11) is 0. The number of carbonyl (C=O) groups excluding carboxylic acids is 1. The van der Waals surface area contributed by atoms with E-state index in [1.165, 1.54) is 0 Å². The van der Waals surface area contributed by atoms with Crippen molar-refractivity contribution in [2.45, 2.75) is 40.2 Å². The van der Waals surface area contributed by atoms with Crippen molar-refractivity contribution in [3.8, 4) is 0 Å². The van der Waals surface area contributed by atoms with Crippen LogP contribution in [0.2, 0.25) is 0 Å². The minimum Gasteiger partial charge on any atom is -1.00 e. The van der Waals surface area contributed by atoms with Crippen LogP contribution in [0.5, 0.6) is 0 Å². The quantitative estimate of drug-likeness (QED) is 0.525. The third kappa shape index (κ3) is 6.84. The number of ether oxygens (including phenoxy) is 1. The van der Waals surface area contributed by atoms with Crippen LogP contribution in [0.4, 0.5) is 0 Å². The molecule has 0 rings (SSSR count). The van der Waals surface area contributed by atoms with Gasteiger partial charge in [-0.3, -0.25) is 0 Å². The van der Waals surface area contributed by atoms with Crippen molar-refractivity contribution in [2.24, 2.45) is 5.41 Å². The lowest BCUT2D eigenvalue weighted by atomic mass is 9.92. The van der Waals surface area contributed by atoms with Gasteiger partial charge in [0.1, 0.15) is 0 Å². The van der Waals surface area contributed by atoms with E-state index in [1.807, 2.05) is 0 Å². The maximum absolute atomic E-state index is 11.0. The Hall–Kier alpha value is -0.280. The lowest BCUT2D eigenvalue weighted by Crippen LogP contribution is -3.00. The Kier molecular flexibility index (Phi) is 7.27. The van der Waals surface area contributed by atoms with E-state index in [0.29, 0.717) is 6.61 Å². The first-order valence-corrected chi connectivity index (χ1v) is 4.39. The maximum atomic E-state index is 11.0. The number of esters is 1. The van der Waals surface area contributed by atoms with Gasteiger partial charge in [-0.15, -0.1) is 0 Å². The summed E-state index contributed by atoms with van der Waals surface area (Å²) in [5.41, 5.74) is 3.68. The second-order valence-corrected chi connectivity index (χ2v) is 4.03. The summed E-state index contributed by atoms with van der Waals surface area (Å²) in [6, 6.07) is -0.266. The van der Waals surface area contributed by atoms with Crippen molar-refractivity contribution < 1.29 is 27.7 Å². The molecule has 80 valence electrons. The molecule has 4 heteroatoms. The average Bonchev–Trinajstić information content (AvgIpc) is 2.00. The SMILES string of the molecule is CCC(C)(C)COC(=O)[C@H](C)[NH3+].[Cl-]. The van der Waals surface area contributed by atoms with E-state index in [4.69, 9.17) is 4.74 Å². The highest BCUT2D eigenvalue weighted by atomic mass is 35.5. The van der Waals surface area contributed by atoms with E-state index >= 15 is 0 Å². The fourth-order valence-corrected chi connectivity index (χ4v) is 0.511. The Bertz CT molecular complexity index is 158. The van der Waals surface area contributed by atoms with Crippen LogP contribution >= 0.6 is 0 Å². The molecule has 0 aliphatic rings. The standard InChI is InChI=1S/C9H19NO2.ClH/c1-5-9(3,4)6-12-8(11)7(2)10;/h7H,5-6,10H2,1-4H3;1H/t7-;/m0./s1. The van der Waals surface area contributed by atoms with Crippen molar-refractivity contribution in [3.63, 3.8) is 0 Å². The number of quaternary nitrogens is 1. The minimum absolute atomic E-state index is 0. The Labute approximate surface area is 86.4 Å². The highest BCUT2D eigenvalue weighted by molar-refractivity contribution is 5.73. The molecule has 3 N–H and O–H groups in total. The molecule has 0 spiro atoms. The van der Waals surface area contributed by atoms with Crippen LogP contribution in [0.25, 0.3) is 0 Å². The van der Waals surface area contributed by atoms with Gasteiger partial charge in [-0.1, -0.05) is 20.8 Å². The molecule has 0 bridgehead atoms. The molecule has 0 fully saturated rings. The number of hydrogen-bond donors (Lipinski definition) is 1. The second kappa shape index (κ2) is 6.22. The molecule has 3 nitrogen and oxygen atoms in total. The predicted octanol–water partition coefficient (Wildman–Crippen LogP) is -2.40.